The number of hydrogen-bond donors (Lipinski definition) is 0. The SMILES string of the molecule is CN(C)CCN(C(=O)c1ccc(Cl)s1)c1nc2c(F)cc(F)cc2s1. The second kappa shape index (κ2) is 7.33. The minimum absolute atomic E-state index is 0.0632. The molecule has 1 amide bonds. The molecular formula is C16H14ClF2N3OS2. The third-order valence-electron chi connectivity index (χ3n) is 3.43. The summed E-state index contributed by atoms with van der Waals surface area (Å²) in [5.41, 5.74) is 0.0632. The minimum Gasteiger partial charge on any atom is -0.308 e. The molecule has 0 aliphatic rings. The Morgan fingerprint density at radius 1 is 1.20 bits per heavy atom. The minimum atomic E-state index is -0.739. The van der Waals surface area contributed by atoms with E-state index in [-0.39, 0.29) is 11.4 Å². The summed E-state index contributed by atoms with van der Waals surface area (Å²) in [7, 11) is 3.77. The number of hydrogen-bond acceptors (Lipinski definition) is 5. The molecule has 0 saturated carbocycles. The first-order valence-corrected chi connectivity index (χ1v) is 9.34. The van der Waals surface area contributed by atoms with Crippen LogP contribution in [0.4, 0.5) is 13.9 Å². The molecule has 2 heterocycles. The van der Waals surface area contributed by atoms with E-state index in [0.717, 1.165) is 17.4 Å². The van der Waals surface area contributed by atoms with Crippen LogP contribution < -0.4 is 4.90 Å². The van der Waals surface area contributed by atoms with Crippen LogP contribution in [0.3, 0.4) is 0 Å². The van der Waals surface area contributed by atoms with Crippen LogP contribution >= 0.6 is 34.3 Å². The lowest BCUT2D eigenvalue weighted by Gasteiger charge is -2.21. The lowest BCUT2D eigenvalue weighted by atomic mass is 10.3. The average Bonchev–Trinajstić information content (AvgIpc) is 3.13. The van der Waals surface area contributed by atoms with Crippen LogP contribution in [0.5, 0.6) is 0 Å². The van der Waals surface area contributed by atoms with Gasteiger partial charge < -0.3 is 4.90 Å². The molecule has 0 bridgehead atoms. The molecule has 0 spiro atoms. The zero-order valence-electron chi connectivity index (χ0n) is 13.4. The average molecular weight is 402 g/mol. The molecule has 3 aromatic rings. The highest BCUT2D eigenvalue weighted by molar-refractivity contribution is 7.22. The first-order valence-electron chi connectivity index (χ1n) is 7.32. The molecule has 3 rings (SSSR count). The zero-order chi connectivity index (χ0) is 18.1. The number of benzene rings is 1. The van der Waals surface area contributed by atoms with Crippen LogP contribution in [0.2, 0.25) is 4.34 Å². The monoisotopic (exact) mass is 401 g/mol. The summed E-state index contributed by atoms with van der Waals surface area (Å²) in [5, 5.41) is 0.330. The van der Waals surface area contributed by atoms with Gasteiger partial charge in [-0.05, 0) is 32.3 Å². The molecule has 1 aromatic carbocycles. The maximum absolute atomic E-state index is 13.9. The Labute approximate surface area is 156 Å². The number of likely N-dealkylation sites (N-methyl/N-ethyl adjacent to an activating group) is 1. The van der Waals surface area contributed by atoms with E-state index in [1.807, 2.05) is 19.0 Å². The van der Waals surface area contributed by atoms with Crippen molar-refractivity contribution in [3.63, 3.8) is 0 Å². The van der Waals surface area contributed by atoms with E-state index >= 15 is 0 Å². The Morgan fingerprint density at radius 3 is 2.60 bits per heavy atom. The van der Waals surface area contributed by atoms with Gasteiger partial charge in [0, 0.05) is 19.2 Å². The predicted molar refractivity (Wildman–Crippen MR) is 99.1 cm³/mol. The predicted octanol–water partition coefficient (Wildman–Crippen LogP) is 4.50. The van der Waals surface area contributed by atoms with Gasteiger partial charge in [-0.25, -0.2) is 13.8 Å². The number of nitrogens with zero attached hydrogens (tertiary/aromatic N) is 3. The summed E-state index contributed by atoms with van der Waals surface area (Å²) in [5.74, 6) is -1.67. The number of carbonyl (C=O) groups is 1. The molecule has 0 atom stereocenters. The highest BCUT2D eigenvalue weighted by atomic mass is 35.5. The molecule has 25 heavy (non-hydrogen) atoms. The molecule has 132 valence electrons. The van der Waals surface area contributed by atoms with E-state index in [1.165, 1.54) is 22.3 Å². The Balaban J connectivity index is 2.01. The number of thiazole rings is 1. The van der Waals surface area contributed by atoms with E-state index in [2.05, 4.69) is 4.98 Å². The highest BCUT2D eigenvalue weighted by Crippen LogP contribution is 2.33. The van der Waals surface area contributed by atoms with Crippen molar-refractivity contribution in [1.82, 2.24) is 9.88 Å². The standard InChI is InChI=1S/C16H14ClF2N3OS2/c1-21(2)5-6-22(15(23)11-3-4-13(17)24-11)16-20-14-10(19)7-9(18)8-12(14)25-16/h3-4,7-8H,5-6H2,1-2H3. The van der Waals surface area contributed by atoms with Gasteiger partial charge in [-0.1, -0.05) is 22.9 Å². The third kappa shape index (κ3) is 3.98. The molecular weight excluding hydrogens is 388 g/mol. The number of rotatable bonds is 5. The number of aromatic nitrogens is 1. The van der Waals surface area contributed by atoms with Gasteiger partial charge in [0.05, 0.1) is 13.9 Å². The summed E-state index contributed by atoms with van der Waals surface area (Å²) in [6.45, 7) is 0.961. The number of halogens is 3. The number of thiophene rings is 1. The lowest BCUT2D eigenvalue weighted by Crippen LogP contribution is -2.36. The summed E-state index contributed by atoms with van der Waals surface area (Å²) in [6, 6.07) is 5.30. The van der Waals surface area contributed by atoms with Gasteiger partial charge in [0.15, 0.2) is 10.9 Å². The van der Waals surface area contributed by atoms with Crippen molar-refractivity contribution in [2.45, 2.75) is 0 Å². The maximum atomic E-state index is 13.9. The van der Waals surface area contributed by atoms with Crippen LogP contribution in [0.1, 0.15) is 9.67 Å². The van der Waals surface area contributed by atoms with Crippen molar-refractivity contribution in [3.8, 4) is 0 Å². The number of anilines is 1. The smallest absolute Gasteiger partial charge is 0.270 e. The van der Waals surface area contributed by atoms with Gasteiger partial charge in [0.1, 0.15) is 11.3 Å². The molecule has 2 aromatic heterocycles. The van der Waals surface area contributed by atoms with Crippen molar-refractivity contribution in [2.75, 3.05) is 32.1 Å². The largest absolute Gasteiger partial charge is 0.308 e. The molecule has 0 radical (unpaired) electrons. The van der Waals surface area contributed by atoms with Gasteiger partial charge in [0.2, 0.25) is 0 Å². The van der Waals surface area contributed by atoms with Crippen LogP contribution in [0, 0.1) is 11.6 Å². The summed E-state index contributed by atoms with van der Waals surface area (Å²) >= 11 is 8.17. The fourth-order valence-electron chi connectivity index (χ4n) is 2.21. The normalized spacial score (nSPS) is 11.4. The van der Waals surface area contributed by atoms with Crippen LogP contribution in [0.15, 0.2) is 24.3 Å². The first kappa shape index (κ1) is 18.2. The number of carbonyl (C=O) groups excluding carboxylic acids is 1. The van der Waals surface area contributed by atoms with Gasteiger partial charge in [-0.2, -0.15) is 0 Å². The van der Waals surface area contributed by atoms with Gasteiger partial charge in [-0.15, -0.1) is 11.3 Å². The molecule has 0 aliphatic heterocycles. The first-order chi connectivity index (χ1) is 11.8. The Bertz CT molecular complexity index is 925. The summed E-state index contributed by atoms with van der Waals surface area (Å²) in [6.07, 6.45) is 0. The third-order valence-corrected chi connectivity index (χ3v) is 5.68. The van der Waals surface area contributed by atoms with Crippen molar-refractivity contribution >= 4 is 55.5 Å². The molecule has 0 saturated heterocycles. The number of amides is 1. The molecule has 0 N–H and O–H groups in total. The van der Waals surface area contributed by atoms with Gasteiger partial charge in [-0.3, -0.25) is 9.69 Å². The fourth-order valence-corrected chi connectivity index (χ4v) is 4.23. The quantitative estimate of drug-likeness (QED) is 0.631. The maximum Gasteiger partial charge on any atom is 0.270 e. The van der Waals surface area contributed by atoms with Crippen LogP contribution in [-0.2, 0) is 0 Å². The molecule has 9 heteroatoms. The lowest BCUT2D eigenvalue weighted by molar-refractivity contribution is 0.0989. The second-order valence-electron chi connectivity index (χ2n) is 5.59. The highest BCUT2D eigenvalue weighted by Gasteiger charge is 2.23. The molecule has 0 fully saturated rings. The Kier molecular flexibility index (Phi) is 5.33. The molecule has 4 nitrogen and oxygen atoms in total. The van der Waals surface area contributed by atoms with Crippen molar-refractivity contribution < 1.29 is 13.6 Å². The summed E-state index contributed by atoms with van der Waals surface area (Å²) < 4.78 is 28.2. The van der Waals surface area contributed by atoms with Crippen molar-refractivity contribution in [1.29, 1.82) is 0 Å². The van der Waals surface area contributed by atoms with E-state index < -0.39 is 11.6 Å². The van der Waals surface area contributed by atoms with Gasteiger partial charge in [0.25, 0.3) is 5.91 Å². The van der Waals surface area contributed by atoms with E-state index in [4.69, 9.17) is 11.6 Å². The Hall–Kier alpha value is -1.61. The van der Waals surface area contributed by atoms with E-state index in [9.17, 15) is 13.6 Å². The zero-order valence-corrected chi connectivity index (χ0v) is 15.8. The van der Waals surface area contributed by atoms with E-state index in [1.54, 1.807) is 12.1 Å². The molecule has 0 aliphatic carbocycles. The number of fused-ring (bicyclic) bond motifs is 1. The molecule has 0 unspecified atom stereocenters. The van der Waals surface area contributed by atoms with E-state index in [0.29, 0.717) is 32.1 Å². The van der Waals surface area contributed by atoms with Gasteiger partial charge >= 0.3 is 0 Å². The summed E-state index contributed by atoms with van der Waals surface area (Å²) in [4.78, 5) is 20.9. The topological polar surface area (TPSA) is 36.4 Å². The van der Waals surface area contributed by atoms with Crippen molar-refractivity contribution in [3.05, 3.63) is 45.1 Å². The van der Waals surface area contributed by atoms with Crippen LogP contribution in [0.25, 0.3) is 10.2 Å². The van der Waals surface area contributed by atoms with Crippen LogP contribution in [-0.4, -0.2) is 43.0 Å². The second-order valence-corrected chi connectivity index (χ2v) is 8.32. The fraction of sp³-hybridized carbons (Fsp3) is 0.250. The Morgan fingerprint density at radius 2 is 1.96 bits per heavy atom. The van der Waals surface area contributed by atoms with Crippen molar-refractivity contribution in [2.24, 2.45) is 0 Å².